The third-order valence-corrected chi connectivity index (χ3v) is 2.42. The van der Waals surface area contributed by atoms with Gasteiger partial charge in [0.05, 0.1) is 18.6 Å². The molecular weight excluding hydrogens is 214 g/mol. The Morgan fingerprint density at radius 1 is 1.31 bits per heavy atom. The molecule has 0 saturated carbocycles. The highest BCUT2D eigenvalue weighted by Crippen LogP contribution is 2.10. The van der Waals surface area contributed by atoms with E-state index in [9.17, 15) is 14.7 Å². The van der Waals surface area contributed by atoms with Gasteiger partial charge in [0.15, 0.2) is 0 Å². The third-order valence-electron chi connectivity index (χ3n) is 2.42. The predicted molar refractivity (Wildman–Crippen MR) is 56.9 cm³/mol. The Hall–Kier alpha value is -1.14. The van der Waals surface area contributed by atoms with Crippen molar-refractivity contribution in [1.29, 1.82) is 0 Å². The van der Waals surface area contributed by atoms with Crippen LogP contribution in [0.2, 0.25) is 0 Å². The number of aliphatic hydroxyl groups excluding tert-OH is 1. The molecule has 3 atom stereocenters. The highest BCUT2D eigenvalue weighted by Gasteiger charge is 2.25. The van der Waals surface area contributed by atoms with Crippen molar-refractivity contribution < 1.29 is 24.5 Å². The van der Waals surface area contributed by atoms with Crippen molar-refractivity contribution in [2.24, 2.45) is 11.8 Å². The molecule has 0 aromatic heterocycles. The zero-order valence-electron chi connectivity index (χ0n) is 9.77. The summed E-state index contributed by atoms with van der Waals surface area (Å²) in [6.45, 7) is 3.20. The van der Waals surface area contributed by atoms with Crippen molar-refractivity contribution in [2.45, 2.75) is 20.0 Å². The molecule has 0 radical (unpaired) electrons. The van der Waals surface area contributed by atoms with Gasteiger partial charge in [0, 0.05) is 19.6 Å². The summed E-state index contributed by atoms with van der Waals surface area (Å²) in [6, 6.07) is 0. The van der Waals surface area contributed by atoms with Crippen LogP contribution in [0.15, 0.2) is 0 Å². The number of ether oxygens (including phenoxy) is 1. The van der Waals surface area contributed by atoms with Gasteiger partial charge in [-0.3, -0.25) is 9.59 Å². The monoisotopic (exact) mass is 233 g/mol. The van der Waals surface area contributed by atoms with E-state index < -0.39 is 23.9 Å². The van der Waals surface area contributed by atoms with E-state index in [4.69, 9.17) is 5.11 Å². The third kappa shape index (κ3) is 5.09. The van der Waals surface area contributed by atoms with Gasteiger partial charge in [0.1, 0.15) is 0 Å². The van der Waals surface area contributed by atoms with Crippen LogP contribution in [0.3, 0.4) is 0 Å². The maximum atomic E-state index is 11.5. The minimum atomic E-state index is -1.01. The summed E-state index contributed by atoms with van der Waals surface area (Å²) in [5.41, 5.74) is 0. The topological polar surface area (TPSA) is 95.9 Å². The van der Waals surface area contributed by atoms with Crippen molar-refractivity contribution in [3.63, 3.8) is 0 Å². The molecular formula is C10H19NO5. The van der Waals surface area contributed by atoms with Crippen LogP contribution in [0.25, 0.3) is 0 Å². The van der Waals surface area contributed by atoms with E-state index in [1.807, 2.05) is 0 Å². The van der Waals surface area contributed by atoms with Crippen molar-refractivity contribution in [1.82, 2.24) is 5.32 Å². The minimum absolute atomic E-state index is 0.0589. The lowest BCUT2D eigenvalue weighted by Crippen LogP contribution is -2.40. The number of carboxylic acids is 1. The minimum Gasteiger partial charge on any atom is -0.481 e. The maximum Gasteiger partial charge on any atom is 0.307 e. The van der Waals surface area contributed by atoms with Gasteiger partial charge in [-0.2, -0.15) is 0 Å². The molecule has 6 nitrogen and oxygen atoms in total. The number of carbonyl (C=O) groups is 2. The largest absolute Gasteiger partial charge is 0.481 e. The molecule has 0 spiro atoms. The summed E-state index contributed by atoms with van der Waals surface area (Å²) in [6.07, 6.45) is -0.777. The molecule has 0 fully saturated rings. The molecule has 0 rings (SSSR count). The fourth-order valence-corrected chi connectivity index (χ4v) is 1.07. The molecule has 1 amide bonds. The Bertz CT molecular complexity index is 243. The number of methoxy groups -OCH3 is 1. The van der Waals surface area contributed by atoms with Crippen LogP contribution in [0.4, 0.5) is 0 Å². The first-order chi connectivity index (χ1) is 7.40. The number of aliphatic hydroxyl groups is 1. The fraction of sp³-hybridized carbons (Fsp3) is 0.800. The average molecular weight is 233 g/mol. The van der Waals surface area contributed by atoms with Crippen LogP contribution in [0.1, 0.15) is 13.8 Å². The molecule has 3 unspecified atom stereocenters. The normalized spacial score (nSPS) is 16.2. The van der Waals surface area contributed by atoms with Crippen LogP contribution >= 0.6 is 0 Å². The molecule has 0 bridgehead atoms. The second-order valence-electron chi connectivity index (χ2n) is 3.77. The second kappa shape index (κ2) is 7.19. The molecule has 3 N–H and O–H groups in total. The number of carbonyl (C=O) groups excluding carboxylic acids is 1. The number of aliphatic carboxylic acids is 1. The lowest BCUT2D eigenvalue weighted by molar-refractivity contribution is -0.146. The van der Waals surface area contributed by atoms with E-state index in [-0.39, 0.29) is 19.1 Å². The summed E-state index contributed by atoms with van der Waals surface area (Å²) in [4.78, 5) is 22.1. The van der Waals surface area contributed by atoms with Crippen LogP contribution in [0, 0.1) is 11.8 Å². The standard InChI is InChI=1S/C10H19NO5/c1-6(7(2)10(14)15)9(13)11-4-8(12)5-16-3/h6-8,12H,4-5H2,1-3H3,(H,11,13)(H,14,15). The van der Waals surface area contributed by atoms with Gasteiger partial charge < -0.3 is 20.3 Å². The maximum absolute atomic E-state index is 11.5. The van der Waals surface area contributed by atoms with Crippen LogP contribution in [-0.4, -0.2) is 48.5 Å². The zero-order valence-corrected chi connectivity index (χ0v) is 9.77. The Kier molecular flexibility index (Phi) is 6.67. The summed E-state index contributed by atoms with van der Waals surface area (Å²) in [5.74, 6) is -2.78. The molecule has 0 aliphatic heterocycles. The van der Waals surface area contributed by atoms with Gasteiger partial charge in [0.2, 0.25) is 5.91 Å². The Morgan fingerprint density at radius 2 is 1.88 bits per heavy atom. The van der Waals surface area contributed by atoms with E-state index >= 15 is 0 Å². The molecule has 0 aromatic rings. The summed E-state index contributed by atoms with van der Waals surface area (Å²) >= 11 is 0. The van der Waals surface area contributed by atoms with Gasteiger partial charge in [-0.25, -0.2) is 0 Å². The van der Waals surface area contributed by atoms with E-state index in [1.165, 1.54) is 21.0 Å². The van der Waals surface area contributed by atoms with E-state index in [0.29, 0.717) is 0 Å². The Morgan fingerprint density at radius 3 is 2.31 bits per heavy atom. The quantitative estimate of drug-likeness (QED) is 0.549. The number of hydrogen-bond donors (Lipinski definition) is 3. The Labute approximate surface area is 94.6 Å². The average Bonchev–Trinajstić information content (AvgIpc) is 2.24. The van der Waals surface area contributed by atoms with Crippen molar-refractivity contribution in [2.75, 3.05) is 20.3 Å². The first-order valence-corrected chi connectivity index (χ1v) is 5.07. The zero-order chi connectivity index (χ0) is 12.7. The van der Waals surface area contributed by atoms with E-state index in [0.717, 1.165) is 0 Å². The number of nitrogens with one attached hydrogen (secondary N) is 1. The smallest absolute Gasteiger partial charge is 0.307 e. The molecule has 6 heteroatoms. The van der Waals surface area contributed by atoms with Crippen molar-refractivity contribution >= 4 is 11.9 Å². The SMILES string of the molecule is COCC(O)CNC(=O)C(C)C(C)C(=O)O. The molecule has 0 aliphatic carbocycles. The summed E-state index contributed by atoms with van der Waals surface area (Å²) in [5, 5.41) is 20.5. The molecule has 94 valence electrons. The summed E-state index contributed by atoms with van der Waals surface area (Å²) in [7, 11) is 1.44. The molecule has 0 aromatic carbocycles. The second-order valence-corrected chi connectivity index (χ2v) is 3.77. The number of rotatable bonds is 7. The molecule has 0 saturated heterocycles. The molecule has 0 heterocycles. The lowest BCUT2D eigenvalue weighted by atomic mass is 9.95. The van der Waals surface area contributed by atoms with Gasteiger partial charge >= 0.3 is 5.97 Å². The highest BCUT2D eigenvalue weighted by atomic mass is 16.5. The van der Waals surface area contributed by atoms with Crippen molar-refractivity contribution in [3.8, 4) is 0 Å². The highest BCUT2D eigenvalue weighted by molar-refractivity contribution is 5.84. The number of amides is 1. The van der Waals surface area contributed by atoms with Gasteiger partial charge in [-0.15, -0.1) is 0 Å². The molecule has 16 heavy (non-hydrogen) atoms. The van der Waals surface area contributed by atoms with Crippen LogP contribution < -0.4 is 5.32 Å². The first kappa shape index (κ1) is 14.9. The predicted octanol–water partition coefficient (Wildman–Crippen LogP) is -0.533. The van der Waals surface area contributed by atoms with E-state index in [2.05, 4.69) is 10.1 Å². The van der Waals surface area contributed by atoms with Crippen LogP contribution in [0.5, 0.6) is 0 Å². The first-order valence-electron chi connectivity index (χ1n) is 5.07. The summed E-state index contributed by atoms with van der Waals surface area (Å²) < 4.78 is 4.69. The van der Waals surface area contributed by atoms with Gasteiger partial charge in [-0.1, -0.05) is 13.8 Å². The van der Waals surface area contributed by atoms with Gasteiger partial charge in [-0.05, 0) is 0 Å². The van der Waals surface area contributed by atoms with E-state index in [1.54, 1.807) is 0 Å². The lowest BCUT2D eigenvalue weighted by Gasteiger charge is -2.17. The number of carboxylic acid groups (broad SMARTS) is 1. The number of hydrogen-bond acceptors (Lipinski definition) is 4. The fourth-order valence-electron chi connectivity index (χ4n) is 1.07. The van der Waals surface area contributed by atoms with Crippen molar-refractivity contribution in [3.05, 3.63) is 0 Å². The molecule has 0 aliphatic rings. The van der Waals surface area contributed by atoms with Crippen LogP contribution in [-0.2, 0) is 14.3 Å². The van der Waals surface area contributed by atoms with Gasteiger partial charge in [0.25, 0.3) is 0 Å². The Balaban J connectivity index is 4.01.